The van der Waals surface area contributed by atoms with Crippen LogP contribution in [0.25, 0.3) is 11.0 Å². The largest absolute Gasteiger partial charge is 0.467 e. The number of nitrogens with one attached hydrogen (secondary N) is 2. The first-order valence-corrected chi connectivity index (χ1v) is 15.6. The van der Waals surface area contributed by atoms with Crippen molar-refractivity contribution in [2.75, 3.05) is 12.4 Å². The molecule has 10 nitrogen and oxygen atoms in total. The van der Waals surface area contributed by atoms with Crippen molar-refractivity contribution < 1.29 is 28.9 Å². The standard InChI is InChI=1S/C37H38N4O6/c1-24-33(21-41-23-38-30-13-6-7-14-32(30)41)46-36(47-34(24)27-17-15-26(22-42)16-18-27)28-11-8-12-29(20-28)39-37(44)40-31(35(43)45-2)19-25-9-4-3-5-10-25/h3-18,20,23-24,31,33-34,36,42H,19,21-22H2,1-2H3,(H2,39,40,44)/t24-,31-,33+,34+,36+/m0/s1. The molecule has 0 bridgehead atoms. The molecule has 1 aromatic heterocycles. The molecule has 47 heavy (non-hydrogen) atoms. The minimum atomic E-state index is -0.866. The van der Waals surface area contributed by atoms with E-state index in [0.717, 1.165) is 33.3 Å². The van der Waals surface area contributed by atoms with E-state index in [1.165, 1.54) is 7.11 Å². The number of hydrogen-bond donors (Lipinski definition) is 3. The maximum absolute atomic E-state index is 13.1. The van der Waals surface area contributed by atoms with Crippen molar-refractivity contribution >= 4 is 28.7 Å². The summed E-state index contributed by atoms with van der Waals surface area (Å²) in [6.45, 7) is 2.63. The molecule has 1 fully saturated rings. The van der Waals surface area contributed by atoms with Crippen molar-refractivity contribution in [1.82, 2.24) is 14.9 Å². The first-order valence-electron chi connectivity index (χ1n) is 15.6. The lowest BCUT2D eigenvalue weighted by atomic mass is 9.90. The molecule has 3 N–H and O–H groups in total. The van der Waals surface area contributed by atoms with Gasteiger partial charge in [-0.3, -0.25) is 0 Å². The van der Waals surface area contributed by atoms with Crippen LogP contribution in [0, 0.1) is 5.92 Å². The number of imidazole rings is 1. The molecule has 1 saturated heterocycles. The van der Waals surface area contributed by atoms with Crippen molar-refractivity contribution in [3.05, 3.63) is 132 Å². The third-order valence-corrected chi connectivity index (χ3v) is 8.52. The fraction of sp³-hybridized carbons (Fsp3) is 0.270. The molecule has 10 heteroatoms. The molecular weight excluding hydrogens is 596 g/mol. The number of carbonyl (C=O) groups is 2. The summed E-state index contributed by atoms with van der Waals surface area (Å²) >= 11 is 0. The molecule has 5 aromatic rings. The zero-order chi connectivity index (χ0) is 32.8. The molecule has 0 saturated carbocycles. The number of urea groups is 1. The monoisotopic (exact) mass is 634 g/mol. The molecule has 0 spiro atoms. The lowest BCUT2D eigenvalue weighted by molar-refractivity contribution is -0.276. The number of esters is 1. The van der Waals surface area contributed by atoms with E-state index in [4.69, 9.17) is 14.2 Å². The van der Waals surface area contributed by atoms with Gasteiger partial charge in [-0.2, -0.15) is 0 Å². The molecule has 2 amide bonds. The molecule has 0 aliphatic carbocycles. The molecule has 2 heterocycles. The molecule has 5 atom stereocenters. The third kappa shape index (κ3) is 7.52. The highest BCUT2D eigenvalue weighted by Crippen LogP contribution is 2.42. The number of rotatable bonds is 10. The minimum absolute atomic E-state index is 0.0284. The number of benzene rings is 4. The van der Waals surface area contributed by atoms with Crippen molar-refractivity contribution in [3.8, 4) is 0 Å². The van der Waals surface area contributed by atoms with Crippen LogP contribution in [0.2, 0.25) is 0 Å². The fourth-order valence-corrected chi connectivity index (χ4v) is 5.95. The SMILES string of the molecule is COC(=O)[C@H](Cc1ccccc1)NC(=O)Nc1cccc([C@@H]2O[C@H](Cn3cnc4ccccc43)[C@H](C)[C@H](c3ccc(CO)cc3)O2)c1. The van der Waals surface area contributed by atoms with Crippen LogP contribution in [0.3, 0.4) is 0 Å². The number of anilines is 1. The summed E-state index contributed by atoms with van der Waals surface area (Å²) in [6.07, 6.45) is 0.836. The van der Waals surface area contributed by atoms with Crippen LogP contribution >= 0.6 is 0 Å². The zero-order valence-corrected chi connectivity index (χ0v) is 26.3. The van der Waals surface area contributed by atoms with Crippen LogP contribution < -0.4 is 10.6 Å². The summed E-state index contributed by atoms with van der Waals surface area (Å²) in [6, 6.07) is 31.0. The second kappa shape index (κ2) is 14.6. The minimum Gasteiger partial charge on any atom is -0.467 e. The van der Waals surface area contributed by atoms with Gasteiger partial charge in [0.25, 0.3) is 0 Å². The quantitative estimate of drug-likeness (QED) is 0.163. The van der Waals surface area contributed by atoms with Crippen LogP contribution in [0.5, 0.6) is 0 Å². The number of para-hydroxylation sites is 2. The summed E-state index contributed by atoms with van der Waals surface area (Å²) < 4.78 is 20.3. The smallest absolute Gasteiger partial charge is 0.328 e. The predicted octanol–water partition coefficient (Wildman–Crippen LogP) is 5.93. The Morgan fingerprint density at radius 2 is 1.68 bits per heavy atom. The number of fused-ring (bicyclic) bond motifs is 1. The Morgan fingerprint density at radius 1 is 0.915 bits per heavy atom. The van der Waals surface area contributed by atoms with Crippen molar-refractivity contribution in [2.45, 2.75) is 51.0 Å². The van der Waals surface area contributed by atoms with Gasteiger partial charge in [0.1, 0.15) is 6.04 Å². The number of carbonyl (C=O) groups excluding carboxylic acids is 2. The molecule has 4 aromatic carbocycles. The lowest BCUT2D eigenvalue weighted by Crippen LogP contribution is -2.45. The van der Waals surface area contributed by atoms with E-state index in [1.54, 1.807) is 12.1 Å². The first kappa shape index (κ1) is 31.9. The summed E-state index contributed by atoms with van der Waals surface area (Å²) in [4.78, 5) is 30.1. The van der Waals surface area contributed by atoms with Gasteiger partial charge in [0.15, 0.2) is 6.29 Å². The molecule has 6 rings (SSSR count). The van der Waals surface area contributed by atoms with Gasteiger partial charge in [-0.15, -0.1) is 0 Å². The van der Waals surface area contributed by atoms with Crippen LogP contribution in [-0.4, -0.2) is 45.9 Å². The first-order chi connectivity index (χ1) is 22.9. The van der Waals surface area contributed by atoms with Gasteiger partial charge in [0.2, 0.25) is 0 Å². The predicted molar refractivity (Wildman–Crippen MR) is 177 cm³/mol. The maximum atomic E-state index is 13.1. The molecule has 242 valence electrons. The number of hydrogen-bond acceptors (Lipinski definition) is 7. The van der Waals surface area contributed by atoms with Crippen LogP contribution in [0.1, 0.15) is 41.6 Å². The molecule has 1 aliphatic rings. The van der Waals surface area contributed by atoms with E-state index in [0.29, 0.717) is 12.2 Å². The van der Waals surface area contributed by atoms with E-state index >= 15 is 0 Å². The van der Waals surface area contributed by atoms with E-state index in [9.17, 15) is 14.7 Å². The second-order valence-electron chi connectivity index (χ2n) is 11.7. The normalized spacial score (nSPS) is 20.0. The lowest BCUT2D eigenvalue weighted by Gasteiger charge is -2.41. The van der Waals surface area contributed by atoms with Gasteiger partial charge in [0.05, 0.1) is 49.8 Å². The molecule has 0 radical (unpaired) electrons. The summed E-state index contributed by atoms with van der Waals surface area (Å²) in [7, 11) is 1.30. The van der Waals surface area contributed by atoms with E-state index < -0.39 is 24.3 Å². The van der Waals surface area contributed by atoms with Crippen LogP contribution in [0.4, 0.5) is 10.5 Å². The highest BCUT2D eigenvalue weighted by Gasteiger charge is 2.39. The van der Waals surface area contributed by atoms with Gasteiger partial charge in [0, 0.05) is 23.6 Å². The summed E-state index contributed by atoms with van der Waals surface area (Å²) in [5, 5.41) is 15.2. The Hall–Kier alpha value is -5.03. The number of aromatic nitrogens is 2. The van der Waals surface area contributed by atoms with E-state index in [2.05, 4.69) is 27.1 Å². The third-order valence-electron chi connectivity index (χ3n) is 8.52. The topological polar surface area (TPSA) is 124 Å². The Labute approximate surface area is 273 Å². The van der Waals surface area contributed by atoms with E-state index in [-0.39, 0.29) is 31.2 Å². The molecule has 0 unspecified atom stereocenters. The Kier molecular flexibility index (Phi) is 9.92. The zero-order valence-electron chi connectivity index (χ0n) is 26.3. The Morgan fingerprint density at radius 3 is 2.45 bits per heavy atom. The average Bonchev–Trinajstić information content (AvgIpc) is 3.51. The van der Waals surface area contributed by atoms with Crippen molar-refractivity contribution in [3.63, 3.8) is 0 Å². The van der Waals surface area contributed by atoms with Gasteiger partial charge in [-0.1, -0.05) is 85.8 Å². The number of nitrogens with zero attached hydrogens (tertiary/aromatic N) is 2. The maximum Gasteiger partial charge on any atom is 0.328 e. The number of aliphatic hydroxyl groups is 1. The van der Waals surface area contributed by atoms with Gasteiger partial charge >= 0.3 is 12.0 Å². The summed E-state index contributed by atoms with van der Waals surface area (Å²) in [5.74, 6) is -0.565. The number of aliphatic hydroxyl groups excluding tert-OH is 1. The van der Waals surface area contributed by atoms with E-state index in [1.807, 2.05) is 97.3 Å². The molecule has 1 aliphatic heterocycles. The number of amides is 2. The fourth-order valence-electron chi connectivity index (χ4n) is 5.95. The van der Waals surface area contributed by atoms with Crippen molar-refractivity contribution in [2.24, 2.45) is 5.92 Å². The summed E-state index contributed by atoms with van der Waals surface area (Å²) in [5.41, 5.74) is 5.85. The number of ether oxygens (including phenoxy) is 3. The van der Waals surface area contributed by atoms with Gasteiger partial charge in [-0.25, -0.2) is 14.6 Å². The van der Waals surface area contributed by atoms with Gasteiger partial charge in [-0.05, 0) is 41.0 Å². The molecular formula is C37H38N4O6. The van der Waals surface area contributed by atoms with Crippen molar-refractivity contribution in [1.29, 1.82) is 0 Å². The number of methoxy groups -OCH3 is 1. The highest BCUT2D eigenvalue weighted by atomic mass is 16.7. The Bertz CT molecular complexity index is 1810. The van der Waals surface area contributed by atoms with Crippen LogP contribution in [-0.2, 0) is 38.6 Å². The second-order valence-corrected chi connectivity index (χ2v) is 11.7. The highest BCUT2D eigenvalue weighted by molar-refractivity contribution is 5.92. The van der Waals surface area contributed by atoms with Gasteiger partial charge < -0.3 is 34.5 Å². The average molecular weight is 635 g/mol. The Balaban J connectivity index is 1.22. The van der Waals surface area contributed by atoms with Crippen LogP contribution in [0.15, 0.2) is 109 Å².